The highest BCUT2D eigenvalue weighted by atomic mass is 28.4. The highest BCUT2D eigenvalue weighted by molar-refractivity contribution is 6.81. The second kappa shape index (κ2) is 10.8. The van der Waals surface area contributed by atoms with Crippen LogP contribution in [0.4, 0.5) is 0 Å². The first-order chi connectivity index (χ1) is 11.2. The molecule has 25 heavy (non-hydrogen) atoms. The Kier molecular flexibility index (Phi) is 10.6. The van der Waals surface area contributed by atoms with E-state index >= 15 is 0 Å². The van der Waals surface area contributed by atoms with Crippen molar-refractivity contribution in [1.29, 1.82) is 0 Å². The number of carbonyl (C=O) groups excluding carboxylic acids is 1. The standard InChI is InChI=1S/C16H36O6Si3/c1-10-15(19-11-14(17)12-20-16(18)13(2)3)23(21-24(4,5)6)22-25(7,8)9/h14-15,17,23H,2,10-12H2,1,3-9H3. The van der Waals surface area contributed by atoms with Crippen molar-refractivity contribution >= 4 is 31.9 Å². The Bertz CT molecular complexity index is 415. The van der Waals surface area contributed by atoms with Gasteiger partial charge < -0.3 is 22.8 Å². The molecule has 2 unspecified atom stereocenters. The van der Waals surface area contributed by atoms with Crippen LogP contribution in [0.1, 0.15) is 20.3 Å². The number of carbonyl (C=O) groups is 1. The lowest BCUT2D eigenvalue weighted by Gasteiger charge is -2.35. The first-order valence-electron chi connectivity index (χ1n) is 8.73. The van der Waals surface area contributed by atoms with Crippen LogP contribution in [0.15, 0.2) is 12.2 Å². The SMILES string of the molecule is C=C(C)C(=O)OCC(O)COC(CC)[SiH](O[Si](C)(C)C)O[Si](C)(C)C. The monoisotopic (exact) mass is 408 g/mol. The minimum absolute atomic E-state index is 0.0790. The Morgan fingerprint density at radius 1 is 1.08 bits per heavy atom. The summed E-state index contributed by atoms with van der Waals surface area (Å²) < 4.78 is 23.5. The van der Waals surface area contributed by atoms with Crippen LogP contribution in [0.25, 0.3) is 0 Å². The van der Waals surface area contributed by atoms with Gasteiger partial charge in [-0.05, 0) is 52.6 Å². The van der Waals surface area contributed by atoms with E-state index in [4.69, 9.17) is 17.7 Å². The molecule has 0 aromatic carbocycles. The molecule has 0 spiro atoms. The molecule has 1 N–H and O–H groups in total. The Morgan fingerprint density at radius 3 is 1.92 bits per heavy atom. The van der Waals surface area contributed by atoms with Crippen molar-refractivity contribution in [2.75, 3.05) is 13.2 Å². The lowest BCUT2D eigenvalue weighted by Crippen LogP contribution is -2.51. The molecule has 0 amide bonds. The molecular formula is C16H36O6Si3. The topological polar surface area (TPSA) is 74.2 Å². The Hall–Kier alpha value is -0.299. The molecule has 0 saturated heterocycles. The summed E-state index contributed by atoms with van der Waals surface area (Å²) in [5.74, 6) is -0.512. The number of esters is 1. The quantitative estimate of drug-likeness (QED) is 0.304. The molecule has 0 rings (SSSR count). The van der Waals surface area contributed by atoms with Gasteiger partial charge in [-0.25, -0.2) is 4.79 Å². The van der Waals surface area contributed by atoms with Gasteiger partial charge in [0.05, 0.1) is 12.3 Å². The van der Waals surface area contributed by atoms with E-state index in [1.807, 2.05) is 6.92 Å². The van der Waals surface area contributed by atoms with Gasteiger partial charge in [-0.2, -0.15) is 0 Å². The zero-order valence-electron chi connectivity index (χ0n) is 17.0. The highest BCUT2D eigenvalue weighted by Crippen LogP contribution is 2.17. The maximum atomic E-state index is 11.4. The zero-order valence-corrected chi connectivity index (χ0v) is 20.2. The summed E-state index contributed by atoms with van der Waals surface area (Å²) in [5, 5.41) is 9.99. The molecule has 0 radical (unpaired) electrons. The second-order valence-corrected chi connectivity index (χ2v) is 20.0. The van der Waals surface area contributed by atoms with Gasteiger partial charge in [-0.15, -0.1) is 0 Å². The number of ether oxygens (including phenoxy) is 2. The average Bonchev–Trinajstić information content (AvgIpc) is 2.41. The zero-order chi connectivity index (χ0) is 19.8. The summed E-state index contributed by atoms with van der Waals surface area (Å²) in [6.45, 7) is 19.9. The summed E-state index contributed by atoms with van der Waals surface area (Å²) in [6.07, 6.45) is -0.129. The van der Waals surface area contributed by atoms with Gasteiger partial charge in [-0.3, -0.25) is 0 Å². The van der Waals surface area contributed by atoms with E-state index in [0.29, 0.717) is 5.57 Å². The molecule has 0 aromatic rings. The number of hydrogen-bond donors (Lipinski definition) is 1. The molecule has 0 bridgehead atoms. The van der Waals surface area contributed by atoms with Crippen molar-refractivity contribution in [1.82, 2.24) is 0 Å². The van der Waals surface area contributed by atoms with E-state index in [-0.39, 0.29) is 18.9 Å². The lowest BCUT2D eigenvalue weighted by molar-refractivity contribution is -0.143. The number of aliphatic hydroxyl groups excluding tert-OH is 1. The summed E-state index contributed by atoms with van der Waals surface area (Å²) >= 11 is 0. The van der Waals surface area contributed by atoms with Crippen molar-refractivity contribution in [2.24, 2.45) is 0 Å². The van der Waals surface area contributed by atoms with E-state index in [1.165, 1.54) is 0 Å². The summed E-state index contributed by atoms with van der Waals surface area (Å²) in [4.78, 5) is 11.4. The van der Waals surface area contributed by atoms with Crippen LogP contribution in [-0.2, 0) is 22.5 Å². The minimum Gasteiger partial charge on any atom is -0.460 e. The molecule has 0 heterocycles. The highest BCUT2D eigenvalue weighted by Gasteiger charge is 2.35. The molecule has 2 atom stereocenters. The fourth-order valence-corrected chi connectivity index (χ4v) is 9.91. The molecule has 0 saturated carbocycles. The van der Waals surface area contributed by atoms with Gasteiger partial charge in [-0.1, -0.05) is 13.5 Å². The van der Waals surface area contributed by atoms with Crippen molar-refractivity contribution in [2.45, 2.75) is 71.4 Å². The van der Waals surface area contributed by atoms with Crippen LogP contribution in [0, 0.1) is 0 Å². The third-order valence-corrected chi connectivity index (χ3v) is 11.7. The van der Waals surface area contributed by atoms with Crippen LogP contribution in [-0.4, -0.2) is 62.0 Å². The van der Waals surface area contributed by atoms with Crippen molar-refractivity contribution in [3.05, 3.63) is 12.2 Å². The van der Waals surface area contributed by atoms with Crippen molar-refractivity contribution in [3.63, 3.8) is 0 Å². The van der Waals surface area contributed by atoms with E-state index in [1.54, 1.807) is 6.92 Å². The normalized spacial score (nSPS) is 15.1. The van der Waals surface area contributed by atoms with Gasteiger partial charge >= 0.3 is 15.3 Å². The maximum Gasteiger partial charge on any atom is 0.333 e. The number of aliphatic hydroxyl groups is 1. The predicted molar refractivity (Wildman–Crippen MR) is 108 cm³/mol. The second-order valence-electron chi connectivity index (χ2n) is 8.14. The van der Waals surface area contributed by atoms with Gasteiger partial charge in [0, 0.05) is 5.57 Å². The Labute approximate surface area is 156 Å². The Balaban J connectivity index is 4.71. The first kappa shape index (κ1) is 24.7. The van der Waals surface area contributed by atoms with E-state index in [9.17, 15) is 9.90 Å². The summed E-state index contributed by atoms with van der Waals surface area (Å²) in [6, 6.07) is 0. The third-order valence-electron chi connectivity index (χ3n) is 2.90. The number of hydrogen-bond acceptors (Lipinski definition) is 6. The first-order valence-corrected chi connectivity index (χ1v) is 17.2. The smallest absolute Gasteiger partial charge is 0.333 e. The molecular weight excluding hydrogens is 372 g/mol. The largest absolute Gasteiger partial charge is 0.460 e. The molecule has 0 fully saturated rings. The van der Waals surface area contributed by atoms with E-state index in [2.05, 4.69) is 45.9 Å². The van der Waals surface area contributed by atoms with E-state index < -0.39 is 38.0 Å². The molecule has 0 aliphatic carbocycles. The third kappa shape index (κ3) is 12.7. The molecule has 6 nitrogen and oxygen atoms in total. The molecule has 148 valence electrons. The van der Waals surface area contributed by atoms with Gasteiger partial charge in [0.1, 0.15) is 12.7 Å². The molecule has 0 aromatic heterocycles. The predicted octanol–water partition coefficient (Wildman–Crippen LogP) is 2.72. The fourth-order valence-electron chi connectivity index (χ4n) is 1.84. The van der Waals surface area contributed by atoms with Crippen LogP contribution in [0.3, 0.4) is 0 Å². The van der Waals surface area contributed by atoms with E-state index in [0.717, 1.165) is 6.42 Å². The fraction of sp³-hybridized carbons (Fsp3) is 0.812. The molecule has 9 heteroatoms. The van der Waals surface area contributed by atoms with Crippen molar-refractivity contribution in [3.8, 4) is 0 Å². The maximum absolute atomic E-state index is 11.4. The molecule has 0 aliphatic heterocycles. The summed E-state index contributed by atoms with van der Waals surface area (Å²) in [7, 11) is -5.57. The van der Waals surface area contributed by atoms with Gasteiger partial charge in [0.15, 0.2) is 16.6 Å². The average molecular weight is 409 g/mol. The number of rotatable bonds is 12. The molecule has 0 aliphatic rings. The van der Waals surface area contributed by atoms with Crippen LogP contribution in [0.5, 0.6) is 0 Å². The van der Waals surface area contributed by atoms with Gasteiger partial charge in [0.25, 0.3) is 0 Å². The van der Waals surface area contributed by atoms with Crippen molar-refractivity contribution < 1.29 is 27.6 Å². The lowest BCUT2D eigenvalue weighted by atomic mass is 10.3. The van der Waals surface area contributed by atoms with Crippen LogP contribution in [0.2, 0.25) is 39.3 Å². The van der Waals surface area contributed by atoms with Crippen LogP contribution >= 0.6 is 0 Å². The summed E-state index contributed by atoms with van der Waals surface area (Å²) in [5.41, 5.74) is 0.157. The van der Waals surface area contributed by atoms with Gasteiger partial charge in [0.2, 0.25) is 0 Å². The minimum atomic E-state index is -2.05. The van der Waals surface area contributed by atoms with Crippen LogP contribution < -0.4 is 0 Å². The Morgan fingerprint density at radius 2 is 1.56 bits per heavy atom.